The number of amides is 1. The average Bonchev–Trinajstić information content (AvgIpc) is 3.09. The number of rotatable bonds is 3. The molecule has 2 bridgehead atoms. The van der Waals surface area contributed by atoms with Crippen molar-refractivity contribution in [2.45, 2.75) is 50.2 Å². The molecule has 1 aromatic heterocycles. The van der Waals surface area contributed by atoms with Gasteiger partial charge in [0.2, 0.25) is 5.91 Å². The molecule has 1 aromatic carbocycles. The van der Waals surface area contributed by atoms with Gasteiger partial charge in [-0.3, -0.25) is 4.79 Å². The summed E-state index contributed by atoms with van der Waals surface area (Å²) in [7, 11) is 1.90. The van der Waals surface area contributed by atoms with Gasteiger partial charge in [-0.15, -0.1) is 0 Å². The van der Waals surface area contributed by atoms with Crippen LogP contribution in [0.5, 0.6) is 0 Å². The van der Waals surface area contributed by atoms with Crippen LogP contribution in [0.1, 0.15) is 31.2 Å². The molecule has 4 rings (SSSR count). The number of nitrogens with zero attached hydrogens (tertiary/aromatic N) is 1. The zero-order valence-electron chi connectivity index (χ0n) is 13.2. The van der Waals surface area contributed by atoms with Crippen molar-refractivity contribution < 1.29 is 13.6 Å². The number of halogens is 1. The van der Waals surface area contributed by atoms with E-state index in [1.54, 1.807) is 12.3 Å². The van der Waals surface area contributed by atoms with Crippen LogP contribution in [0, 0.1) is 5.82 Å². The summed E-state index contributed by atoms with van der Waals surface area (Å²) in [5, 5.41) is 4.42. The fourth-order valence-electron chi connectivity index (χ4n) is 4.03. The molecule has 2 fully saturated rings. The number of piperidine rings is 1. The Labute approximate surface area is 134 Å². The van der Waals surface area contributed by atoms with E-state index in [0.29, 0.717) is 30.1 Å². The zero-order valence-corrected chi connectivity index (χ0v) is 13.2. The van der Waals surface area contributed by atoms with Gasteiger partial charge in [-0.1, -0.05) is 0 Å². The van der Waals surface area contributed by atoms with E-state index in [0.717, 1.165) is 23.8 Å². The predicted molar refractivity (Wildman–Crippen MR) is 85.6 cm³/mol. The molecular formula is C18H21FN2O2. The minimum absolute atomic E-state index is 0.100. The lowest BCUT2D eigenvalue weighted by molar-refractivity contribution is -0.131. The van der Waals surface area contributed by atoms with Crippen LogP contribution in [-0.4, -0.2) is 36.0 Å². The first-order valence-corrected chi connectivity index (χ1v) is 8.27. The van der Waals surface area contributed by atoms with Crippen LogP contribution in [0.3, 0.4) is 0 Å². The Morgan fingerprint density at radius 2 is 2.09 bits per heavy atom. The van der Waals surface area contributed by atoms with Crippen molar-refractivity contribution in [1.29, 1.82) is 0 Å². The number of carbonyl (C=O) groups is 1. The van der Waals surface area contributed by atoms with Gasteiger partial charge >= 0.3 is 0 Å². The minimum atomic E-state index is -0.327. The number of likely N-dealkylation sites (N-methyl/N-ethyl adjacent to an activating group) is 1. The van der Waals surface area contributed by atoms with Crippen molar-refractivity contribution in [3.05, 3.63) is 35.8 Å². The van der Waals surface area contributed by atoms with Crippen LogP contribution in [0.4, 0.5) is 4.39 Å². The molecule has 4 nitrogen and oxygen atoms in total. The number of hydrogen-bond acceptors (Lipinski definition) is 3. The molecule has 1 amide bonds. The molecule has 2 aliphatic rings. The summed E-state index contributed by atoms with van der Waals surface area (Å²) in [5.41, 5.74) is 1.32. The van der Waals surface area contributed by atoms with E-state index in [4.69, 9.17) is 4.42 Å². The fraction of sp³-hybridized carbons (Fsp3) is 0.500. The van der Waals surface area contributed by atoms with Crippen molar-refractivity contribution in [2.75, 3.05) is 7.05 Å². The molecule has 2 saturated heterocycles. The van der Waals surface area contributed by atoms with Gasteiger partial charge < -0.3 is 14.6 Å². The van der Waals surface area contributed by atoms with Crippen molar-refractivity contribution in [3.63, 3.8) is 0 Å². The third-order valence-corrected chi connectivity index (χ3v) is 5.35. The third kappa shape index (κ3) is 2.74. The Morgan fingerprint density at radius 3 is 2.83 bits per heavy atom. The topological polar surface area (TPSA) is 45.5 Å². The van der Waals surface area contributed by atoms with Gasteiger partial charge in [0, 0.05) is 42.2 Å². The highest BCUT2D eigenvalue weighted by Crippen LogP contribution is 2.30. The van der Waals surface area contributed by atoms with Crippen molar-refractivity contribution in [2.24, 2.45) is 0 Å². The molecule has 122 valence electrons. The fourth-order valence-corrected chi connectivity index (χ4v) is 4.03. The first-order valence-electron chi connectivity index (χ1n) is 8.27. The smallest absolute Gasteiger partial charge is 0.227 e. The standard InChI is InChI=1S/C18H21FN2O2/c1-21(15-8-13-3-4-14(9-15)20-13)18(22)6-11-10-23-17-7-12(19)2-5-16(11)17/h2,5,7,10,13-15,20H,3-4,6,8-9H2,1H3. The van der Waals surface area contributed by atoms with E-state index in [2.05, 4.69) is 5.32 Å². The van der Waals surface area contributed by atoms with Crippen molar-refractivity contribution in [1.82, 2.24) is 10.2 Å². The highest BCUT2D eigenvalue weighted by atomic mass is 19.1. The van der Waals surface area contributed by atoms with E-state index < -0.39 is 0 Å². The highest BCUT2D eigenvalue weighted by molar-refractivity contribution is 5.87. The molecule has 2 aromatic rings. The van der Waals surface area contributed by atoms with Crippen LogP contribution in [0.2, 0.25) is 0 Å². The number of nitrogens with one attached hydrogen (secondary N) is 1. The quantitative estimate of drug-likeness (QED) is 0.947. The molecule has 5 heteroatoms. The summed E-state index contributed by atoms with van der Waals surface area (Å²) in [4.78, 5) is 14.5. The largest absolute Gasteiger partial charge is 0.464 e. The summed E-state index contributed by atoms with van der Waals surface area (Å²) >= 11 is 0. The van der Waals surface area contributed by atoms with E-state index in [1.807, 2.05) is 11.9 Å². The zero-order chi connectivity index (χ0) is 16.0. The maximum absolute atomic E-state index is 13.2. The second-order valence-corrected chi connectivity index (χ2v) is 6.85. The highest BCUT2D eigenvalue weighted by Gasteiger charge is 2.36. The average molecular weight is 316 g/mol. The third-order valence-electron chi connectivity index (χ3n) is 5.35. The van der Waals surface area contributed by atoms with E-state index in [1.165, 1.54) is 25.0 Å². The second-order valence-electron chi connectivity index (χ2n) is 6.85. The normalized spacial score (nSPS) is 26.6. The van der Waals surface area contributed by atoms with Gasteiger partial charge in [0.15, 0.2) is 0 Å². The van der Waals surface area contributed by atoms with Crippen LogP contribution in [-0.2, 0) is 11.2 Å². The summed E-state index contributed by atoms with van der Waals surface area (Å²) < 4.78 is 18.6. The van der Waals surface area contributed by atoms with Gasteiger partial charge in [0.25, 0.3) is 0 Å². The number of carbonyl (C=O) groups excluding carboxylic acids is 1. The summed E-state index contributed by atoms with van der Waals surface area (Å²) in [6.45, 7) is 0. The molecular weight excluding hydrogens is 295 g/mol. The van der Waals surface area contributed by atoms with Crippen LogP contribution >= 0.6 is 0 Å². The van der Waals surface area contributed by atoms with Crippen molar-refractivity contribution in [3.8, 4) is 0 Å². The summed E-state index contributed by atoms with van der Waals surface area (Å²) in [5.74, 6) is -0.227. The number of hydrogen-bond donors (Lipinski definition) is 1. The monoisotopic (exact) mass is 316 g/mol. The summed E-state index contributed by atoms with van der Waals surface area (Å²) in [6, 6.07) is 5.88. The molecule has 2 unspecified atom stereocenters. The number of fused-ring (bicyclic) bond motifs is 3. The molecule has 0 saturated carbocycles. The summed E-state index contributed by atoms with van der Waals surface area (Å²) in [6.07, 6.45) is 6.39. The van der Waals surface area contributed by atoms with E-state index in [-0.39, 0.29) is 11.7 Å². The Bertz CT molecular complexity index is 730. The van der Waals surface area contributed by atoms with E-state index in [9.17, 15) is 9.18 Å². The Balaban J connectivity index is 1.48. The van der Waals surface area contributed by atoms with E-state index >= 15 is 0 Å². The predicted octanol–water partition coefficient (Wildman–Crippen LogP) is 2.86. The molecule has 23 heavy (non-hydrogen) atoms. The number of benzene rings is 1. The Hall–Kier alpha value is -1.88. The van der Waals surface area contributed by atoms with Crippen LogP contribution in [0.15, 0.2) is 28.9 Å². The maximum atomic E-state index is 13.2. The maximum Gasteiger partial charge on any atom is 0.227 e. The number of furan rings is 1. The first-order chi connectivity index (χ1) is 11.1. The molecule has 0 aliphatic carbocycles. The molecule has 0 spiro atoms. The van der Waals surface area contributed by atoms with Gasteiger partial charge in [0.1, 0.15) is 11.4 Å². The molecule has 2 atom stereocenters. The van der Waals surface area contributed by atoms with Crippen molar-refractivity contribution >= 4 is 16.9 Å². The second kappa shape index (κ2) is 5.64. The molecule has 2 aliphatic heterocycles. The lowest BCUT2D eigenvalue weighted by atomic mass is 9.98. The van der Waals surface area contributed by atoms with Gasteiger partial charge in [-0.2, -0.15) is 0 Å². The molecule has 3 heterocycles. The lowest BCUT2D eigenvalue weighted by Gasteiger charge is -2.35. The van der Waals surface area contributed by atoms with Gasteiger partial charge in [0.05, 0.1) is 12.7 Å². The SMILES string of the molecule is CN(C(=O)Cc1coc2cc(F)ccc12)C1CC2CCC(C1)N2. The molecule has 1 N–H and O–H groups in total. The Kier molecular flexibility index (Phi) is 3.60. The Morgan fingerprint density at radius 1 is 1.35 bits per heavy atom. The van der Waals surface area contributed by atoms with Crippen LogP contribution in [0.25, 0.3) is 11.0 Å². The first kappa shape index (κ1) is 14.7. The van der Waals surface area contributed by atoms with Crippen LogP contribution < -0.4 is 5.32 Å². The minimum Gasteiger partial charge on any atom is -0.464 e. The lowest BCUT2D eigenvalue weighted by Crippen LogP contribution is -2.49. The molecule has 0 radical (unpaired) electrons. The van der Waals surface area contributed by atoms with Gasteiger partial charge in [-0.25, -0.2) is 4.39 Å². The van der Waals surface area contributed by atoms with Gasteiger partial charge in [-0.05, 0) is 37.8 Å².